The number of aryl methyl sites for hydroxylation is 1. The minimum atomic E-state index is 0.598. The van der Waals surface area contributed by atoms with Gasteiger partial charge in [-0.2, -0.15) is 5.26 Å². The van der Waals surface area contributed by atoms with E-state index < -0.39 is 0 Å². The van der Waals surface area contributed by atoms with Crippen molar-refractivity contribution in [3.63, 3.8) is 0 Å². The molecule has 2 nitrogen and oxygen atoms in total. The number of hydrogen-bond acceptors (Lipinski definition) is 1. The predicted octanol–water partition coefficient (Wildman–Crippen LogP) is 3.99. The summed E-state index contributed by atoms with van der Waals surface area (Å²) in [6.45, 7) is 7.09. The molecule has 1 aromatic carbocycles. The normalized spacial score (nSPS) is 10.4. The molecule has 0 aliphatic heterocycles. The van der Waals surface area contributed by atoms with Gasteiger partial charge in [0.05, 0.1) is 11.6 Å². The van der Waals surface area contributed by atoms with E-state index >= 15 is 0 Å². The van der Waals surface area contributed by atoms with Crippen LogP contribution in [0.4, 0.5) is 0 Å². The van der Waals surface area contributed by atoms with E-state index in [-0.39, 0.29) is 0 Å². The lowest BCUT2D eigenvalue weighted by Crippen LogP contribution is -2.01. The first kappa shape index (κ1) is 12.7. The Morgan fingerprint density at radius 2 is 2.00 bits per heavy atom. The Kier molecular flexibility index (Phi) is 3.45. The molecular weight excluding hydrogens is 244 g/mol. The number of benzene rings is 1. The van der Waals surface area contributed by atoms with Crippen LogP contribution in [0.2, 0.25) is 5.02 Å². The summed E-state index contributed by atoms with van der Waals surface area (Å²) in [6, 6.07) is 7.54. The standard InChI is InChI=1S/C15H15ClN2/c1-10-8-18(12(3)11(10)2)9-14-5-4-13(7-17)6-15(14)16/h4-6,8H,9H2,1-3H3. The first-order chi connectivity index (χ1) is 8.52. The molecule has 0 aliphatic carbocycles. The molecule has 0 saturated carbocycles. The third-order valence-corrected chi connectivity index (χ3v) is 3.79. The Morgan fingerprint density at radius 3 is 2.50 bits per heavy atom. The summed E-state index contributed by atoms with van der Waals surface area (Å²) >= 11 is 6.19. The molecule has 0 radical (unpaired) electrons. The van der Waals surface area contributed by atoms with Gasteiger partial charge in [-0.15, -0.1) is 0 Å². The van der Waals surface area contributed by atoms with Crippen LogP contribution in [0, 0.1) is 32.1 Å². The summed E-state index contributed by atoms with van der Waals surface area (Å²) in [7, 11) is 0. The van der Waals surface area contributed by atoms with Gasteiger partial charge in [-0.05, 0) is 49.6 Å². The maximum atomic E-state index is 8.81. The summed E-state index contributed by atoms with van der Waals surface area (Å²) in [5, 5.41) is 9.46. The molecule has 18 heavy (non-hydrogen) atoms. The van der Waals surface area contributed by atoms with Gasteiger partial charge in [-0.3, -0.25) is 0 Å². The van der Waals surface area contributed by atoms with Gasteiger partial charge in [0.2, 0.25) is 0 Å². The average molecular weight is 259 g/mol. The van der Waals surface area contributed by atoms with E-state index in [1.165, 1.54) is 16.8 Å². The van der Waals surface area contributed by atoms with Crippen LogP contribution in [0.3, 0.4) is 0 Å². The third-order valence-electron chi connectivity index (χ3n) is 3.44. The maximum Gasteiger partial charge on any atom is 0.0992 e. The first-order valence-corrected chi connectivity index (χ1v) is 6.22. The van der Waals surface area contributed by atoms with Gasteiger partial charge in [-0.25, -0.2) is 0 Å². The van der Waals surface area contributed by atoms with Gasteiger partial charge >= 0.3 is 0 Å². The summed E-state index contributed by atoms with van der Waals surface area (Å²) in [5.41, 5.74) is 5.50. The monoisotopic (exact) mass is 258 g/mol. The Morgan fingerprint density at radius 1 is 1.28 bits per heavy atom. The second-order valence-corrected chi connectivity index (χ2v) is 4.98. The molecule has 0 amide bonds. The van der Waals surface area contributed by atoms with Crippen molar-refractivity contribution in [2.24, 2.45) is 0 Å². The van der Waals surface area contributed by atoms with E-state index in [9.17, 15) is 0 Å². The minimum Gasteiger partial charge on any atom is -0.347 e. The Balaban J connectivity index is 2.35. The van der Waals surface area contributed by atoms with Crippen LogP contribution in [0.1, 0.15) is 27.9 Å². The van der Waals surface area contributed by atoms with Crippen molar-refractivity contribution in [3.8, 4) is 6.07 Å². The summed E-state index contributed by atoms with van der Waals surface area (Å²) in [6.07, 6.45) is 2.14. The van der Waals surface area contributed by atoms with Gasteiger partial charge in [0.1, 0.15) is 0 Å². The third kappa shape index (κ3) is 2.27. The lowest BCUT2D eigenvalue weighted by atomic mass is 10.1. The number of aromatic nitrogens is 1. The van der Waals surface area contributed by atoms with Crippen LogP contribution in [0.5, 0.6) is 0 Å². The van der Waals surface area contributed by atoms with Crippen molar-refractivity contribution < 1.29 is 0 Å². The van der Waals surface area contributed by atoms with Gasteiger partial charge < -0.3 is 4.57 Å². The highest BCUT2D eigenvalue weighted by atomic mass is 35.5. The maximum absolute atomic E-state index is 8.81. The molecule has 0 bridgehead atoms. The topological polar surface area (TPSA) is 28.7 Å². The minimum absolute atomic E-state index is 0.598. The second-order valence-electron chi connectivity index (χ2n) is 4.57. The molecule has 2 aromatic rings. The second kappa shape index (κ2) is 4.88. The first-order valence-electron chi connectivity index (χ1n) is 5.84. The van der Waals surface area contributed by atoms with Crippen molar-refractivity contribution in [2.45, 2.75) is 27.3 Å². The zero-order valence-corrected chi connectivity index (χ0v) is 11.5. The summed E-state index contributed by atoms with van der Waals surface area (Å²) in [4.78, 5) is 0. The lowest BCUT2D eigenvalue weighted by molar-refractivity contribution is 0.772. The lowest BCUT2D eigenvalue weighted by Gasteiger charge is -2.08. The SMILES string of the molecule is Cc1cn(Cc2ccc(C#N)cc2Cl)c(C)c1C. The zero-order chi connectivity index (χ0) is 13.3. The number of halogens is 1. The quantitative estimate of drug-likeness (QED) is 0.801. The van der Waals surface area contributed by atoms with Crippen molar-refractivity contribution in [3.05, 3.63) is 57.4 Å². The van der Waals surface area contributed by atoms with Crippen LogP contribution in [-0.2, 0) is 6.54 Å². The summed E-state index contributed by atoms with van der Waals surface area (Å²) < 4.78 is 2.19. The highest BCUT2D eigenvalue weighted by Gasteiger charge is 2.08. The van der Waals surface area contributed by atoms with Gasteiger partial charge in [0, 0.05) is 23.5 Å². The highest BCUT2D eigenvalue weighted by Crippen LogP contribution is 2.21. The van der Waals surface area contributed by atoms with E-state index in [1.807, 2.05) is 6.07 Å². The Hall–Kier alpha value is -1.72. The number of nitrogens with zero attached hydrogens (tertiary/aromatic N) is 2. The van der Waals surface area contributed by atoms with E-state index in [1.54, 1.807) is 12.1 Å². The van der Waals surface area contributed by atoms with Crippen LogP contribution >= 0.6 is 11.6 Å². The molecule has 1 aromatic heterocycles. The molecule has 3 heteroatoms. The van der Waals surface area contributed by atoms with Gasteiger partial charge in [0.25, 0.3) is 0 Å². The van der Waals surface area contributed by atoms with E-state index in [4.69, 9.17) is 16.9 Å². The fraction of sp³-hybridized carbons (Fsp3) is 0.267. The number of hydrogen-bond donors (Lipinski definition) is 0. The van der Waals surface area contributed by atoms with E-state index in [0.29, 0.717) is 10.6 Å². The molecule has 2 rings (SSSR count). The molecule has 0 fully saturated rings. The highest BCUT2D eigenvalue weighted by molar-refractivity contribution is 6.31. The molecule has 0 saturated heterocycles. The van der Waals surface area contributed by atoms with Crippen molar-refractivity contribution in [2.75, 3.05) is 0 Å². The molecule has 0 aliphatic rings. The van der Waals surface area contributed by atoms with Crippen molar-refractivity contribution in [1.29, 1.82) is 5.26 Å². The van der Waals surface area contributed by atoms with Crippen LogP contribution < -0.4 is 0 Å². The Labute approximate surface area is 112 Å². The molecule has 0 N–H and O–H groups in total. The van der Waals surface area contributed by atoms with Crippen LogP contribution in [-0.4, -0.2) is 4.57 Å². The molecule has 0 atom stereocenters. The average Bonchev–Trinajstić information content (AvgIpc) is 2.59. The molecule has 0 unspecified atom stereocenters. The molecular formula is C15H15ClN2. The van der Waals surface area contributed by atoms with Gasteiger partial charge in [-0.1, -0.05) is 17.7 Å². The van der Waals surface area contributed by atoms with Crippen LogP contribution in [0.15, 0.2) is 24.4 Å². The molecule has 0 spiro atoms. The Bertz CT molecular complexity index is 633. The van der Waals surface area contributed by atoms with E-state index in [2.05, 4.69) is 37.6 Å². The van der Waals surface area contributed by atoms with Crippen molar-refractivity contribution >= 4 is 11.6 Å². The smallest absolute Gasteiger partial charge is 0.0992 e. The fourth-order valence-corrected chi connectivity index (χ4v) is 2.26. The molecule has 92 valence electrons. The van der Waals surface area contributed by atoms with E-state index in [0.717, 1.165) is 12.1 Å². The molecule has 1 heterocycles. The number of nitriles is 1. The fourth-order valence-electron chi connectivity index (χ4n) is 2.02. The predicted molar refractivity (Wildman–Crippen MR) is 73.9 cm³/mol. The zero-order valence-electron chi connectivity index (χ0n) is 10.8. The summed E-state index contributed by atoms with van der Waals surface area (Å²) in [5.74, 6) is 0. The largest absolute Gasteiger partial charge is 0.347 e. The number of rotatable bonds is 2. The van der Waals surface area contributed by atoms with Crippen LogP contribution in [0.25, 0.3) is 0 Å². The van der Waals surface area contributed by atoms with Gasteiger partial charge in [0.15, 0.2) is 0 Å². The van der Waals surface area contributed by atoms with Crippen molar-refractivity contribution in [1.82, 2.24) is 4.57 Å².